The predicted octanol–water partition coefficient (Wildman–Crippen LogP) is 3.36. The van der Waals surface area contributed by atoms with Gasteiger partial charge in [0.15, 0.2) is 0 Å². The molecule has 2 aromatic rings. The summed E-state index contributed by atoms with van der Waals surface area (Å²) in [4.78, 5) is 52.9. The molecular weight excluding hydrogens is 486 g/mol. The van der Waals surface area contributed by atoms with E-state index in [4.69, 9.17) is 9.47 Å². The normalized spacial score (nSPS) is 16.7. The van der Waals surface area contributed by atoms with Crippen LogP contribution in [0.15, 0.2) is 60.7 Å². The summed E-state index contributed by atoms with van der Waals surface area (Å²) in [5.41, 5.74) is 0.999. The van der Waals surface area contributed by atoms with Gasteiger partial charge < -0.3 is 20.1 Å². The van der Waals surface area contributed by atoms with Crippen LogP contribution in [0.25, 0.3) is 0 Å². The fraction of sp³-hybridized carbons (Fsp3) is 0.448. The van der Waals surface area contributed by atoms with Gasteiger partial charge in [-0.05, 0) is 51.7 Å². The summed E-state index contributed by atoms with van der Waals surface area (Å²) in [6, 6.07) is 15.9. The molecule has 0 saturated carbocycles. The van der Waals surface area contributed by atoms with Crippen molar-refractivity contribution in [2.75, 3.05) is 6.54 Å². The molecule has 2 aromatic carbocycles. The molecule has 1 heterocycles. The molecule has 38 heavy (non-hydrogen) atoms. The van der Waals surface area contributed by atoms with Crippen LogP contribution in [0.1, 0.15) is 51.7 Å². The summed E-state index contributed by atoms with van der Waals surface area (Å²) in [5, 5.41) is 5.41. The molecule has 1 aliphatic rings. The molecular formula is C29H37N3O6. The summed E-state index contributed by atoms with van der Waals surface area (Å²) in [5.74, 6) is -1.54. The Hall–Kier alpha value is -3.88. The Morgan fingerprint density at radius 1 is 0.947 bits per heavy atom. The fourth-order valence-corrected chi connectivity index (χ4v) is 4.12. The zero-order valence-electron chi connectivity index (χ0n) is 22.4. The molecule has 1 aliphatic heterocycles. The van der Waals surface area contributed by atoms with E-state index < -0.39 is 47.6 Å². The maximum absolute atomic E-state index is 13.0. The van der Waals surface area contributed by atoms with Gasteiger partial charge in [0.2, 0.25) is 11.8 Å². The van der Waals surface area contributed by atoms with Crippen LogP contribution in [0.5, 0.6) is 0 Å². The number of carbonyl (C=O) groups excluding carboxylic acids is 4. The Morgan fingerprint density at radius 2 is 1.55 bits per heavy atom. The maximum atomic E-state index is 13.0. The number of nitrogens with one attached hydrogen (secondary N) is 2. The van der Waals surface area contributed by atoms with Crippen molar-refractivity contribution < 1.29 is 28.7 Å². The molecule has 1 fully saturated rings. The standard InChI is InChI=1S/C29H37N3O6/c1-20(30-26(34)24-16-11-17-32(24)28(36)38-29(2,3)4)25(33)31-23(18-21-12-7-5-8-13-21)27(35)37-19-22-14-9-6-10-15-22/h5-10,12-15,20,23-24H,11,16-19H2,1-4H3,(H,30,34)(H,31,33)/t20-,23-,24-/m0/s1. The Balaban J connectivity index is 1.62. The molecule has 0 bridgehead atoms. The Bertz CT molecular complexity index is 1100. The van der Waals surface area contributed by atoms with E-state index in [0.29, 0.717) is 19.4 Å². The minimum atomic E-state index is -0.947. The highest BCUT2D eigenvalue weighted by atomic mass is 16.6. The fourth-order valence-electron chi connectivity index (χ4n) is 4.12. The van der Waals surface area contributed by atoms with Gasteiger partial charge in [-0.1, -0.05) is 60.7 Å². The smallest absolute Gasteiger partial charge is 0.410 e. The van der Waals surface area contributed by atoms with Gasteiger partial charge in [0.1, 0.15) is 30.3 Å². The van der Waals surface area contributed by atoms with Crippen molar-refractivity contribution in [2.24, 2.45) is 0 Å². The molecule has 0 aromatic heterocycles. The molecule has 9 heteroatoms. The topological polar surface area (TPSA) is 114 Å². The minimum absolute atomic E-state index is 0.0787. The SMILES string of the molecule is C[C@H](NC(=O)[C@@H]1CCCN1C(=O)OC(C)(C)C)C(=O)N[C@@H](Cc1ccccc1)C(=O)OCc1ccccc1. The second kappa shape index (κ2) is 13.1. The number of carbonyl (C=O) groups is 4. The average molecular weight is 524 g/mol. The number of benzene rings is 2. The summed E-state index contributed by atoms with van der Waals surface area (Å²) < 4.78 is 10.9. The van der Waals surface area contributed by atoms with Crippen LogP contribution in [0.2, 0.25) is 0 Å². The molecule has 9 nitrogen and oxygen atoms in total. The molecule has 3 amide bonds. The quantitative estimate of drug-likeness (QED) is 0.487. The molecule has 0 radical (unpaired) electrons. The predicted molar refractivity (Wildman–Crippen MR) is 142 cm³/mol. The van der Waals surface area contributed by atoms with E-state index in [1.165, 1.54) is 11.8 Å². The monoisotopic (exact) mass is 523 g/mol. The van der Waals surface area contributed by atoms with E-state index in [2.05, 4.69) is 10.6 Å². The first-order valence-corrected chi connectivity index (χ1v) is 12.9. The van der Waals surface area contributed by atoms with Gasteiger partial charge in [0.05, 0.1) is 0 Å². The zero-order chi connectivity index (χ0) is 27.7. The molecule has 0 spiro atoms. The maximum Gasteiger partial charge on any atom is 0.410 e. The molecule has 1 saturated heterocycles. The number of hydrogen-bond donors (Lipinski definition) is 2. The van der Waals surface area contributed by atoms with Crippen LogP contribution in [0.4, 0.5) is 4.79 Å². The van der Waals surface area contributed by atoms with Gasteiger partial charge in [-0.3, -0.25) is 14.5 Å². The van der Waals surface area contributed by atoms with E-state index in [9.17, 15) is 19.2 Å². The highest BCUT2D eigenvalue weighted by Crippen LogP contribution is 2.21. The second-order valence-electron chi connectivity index (χ2n) is 10.4. The van der Waals surface area contributed by atoms with Crippen molar-refractivity contribution in [3.8, 4) is 0 Å². The minimum Gasteiger partial charge on any atom is -0.459 e. The van der Waals surface area contributed by atoms with E-state index in [-0.39, 0.29) is 13.0 Å². The highest BCUT2D eigenvalue weighted by molar-refractivity contribution is 5.93. The number of esters is 1. The van der Waals surface area contributed by atoms with Crippen LogP contribution in [-0.4, -0.2) is 59.0 Å². The number of amides is 3. The van der Waals surface area contributed by atoms with Gasteiger partial charge in [-0.2, -0.15) is 0 Å². The third-order valence-electron chi connectivity index (χ3n) is 6.04. The molecule has 3 atom stereocenters. The van der Waals surface area contributed by atoms with Gasteiger partial charge in [0.25, 0.3) is 0 Å². The number of nitrogens with zero attached hydrogens (tertiary/aromatic N) is 1. The van der Waals surface area contributed by atoms with Crippen molar-refractivity contribution in [3.63, 3.8) is 0 Å². The Kier molecular flexibility index (Phi) is 9.87. The first-order valence-electron chi connectivity index (χ1n) is 12.9. The van der Waals surface area contributed by atoms with Crippen molar-refractivity contribution in [2.45, 2.75) is 77.3 Å². The molecule has 0 aliphatic carbocycles. The Morgan fingerprint density at radius 3 is 2.16 bits per heavy atom. The van der Waals surface area contributed by atoms with Crippen molar-refractivity contribution >= 4 is 23.9 Å². The Labute approximate surface area is 223 Å². The van der Waals surface area contributed by atoms with Gasteiger partial charge in [0, 0.05) is 13.0 Å². The number of rotatable bonds is 9. The summed E-state index contributed by atoms with van der Waals surface area (Å²) in [6.45, 7) is 7.31. The number of likely N-dealkylation sites (tertiary alicyclic amines) is 1. The molecule has 2 N–H and O–H groups in total. The van der Waals surface area contributed by atoms with E-state index in [0.717, 1.165) is 11.1 Å². The first kappa shape index (κ1) is 28.7. The molecule has 3 rings (SSSR count). The molecule has 204 valence electrons. The third-order valence-corrected chi connectivity index (χ3v) is 6.04. The van der Waals surface area contributed by atoms with E-state index in [1.54, 1.807) is 20.8 Å². The van der Waals surface area contributed by atoms with E-state index >= 15 is 0 Å². The van der Waals surface area contributed by atoms with Crippen molar-refractivity contribution in [3.05, 3.63) is 71.8 Å². The van der Waals surface area contributed by atoms with Gasteiger partial charge in [-0.15, -0.1) is 0 Å². The van der Waals surface area contributed by atoms with Crippen LogP contribution in [-0.2, 0) is 36.9 Å². The lowest BCUT2D eigenvalue weighted by molar-refractivity contribution is -0.149. The van der Waals surface area contributed by atoms with Gasteiger partial charge in [-0.25, -0.2) is 9.59 Å². The van der Waals surface area contributed by atoms with Crippen LogP contribution < -0.4 is 10.6 Å². The number of hydrogen-bond acceptors (Lipinski definition) is 6. The van der Waals surface area contributed by atoms with Crippen molar-refractivity contribution in [1.29, 1.82) is 0 Å². The van der Waals surface area contributed by atoms with Gasteiger partial charge >= 0.3 is 12.1 Å². The summed E-state index contributed by atoms with van der Waals surface area (Å²) in [6.07, 6.45) is 0.804. The van der Waals surface area contributed by atoms with Crippen LogP contribution in [0.3, 0.4) is 0 Å². The zero-order valence-corrected chi connectivity index (χ0v) is 22.4. The highest BCUT2D eigenvalue weighted by Gasteiger charge is 2.37. The van der Waals surface area contributed by atoms with Crippen molar-refractivity contribution in [1.82, 2.24) is 15.5 Å². The summed E-state index contributed by atoms with van der Waals surface area (Å²) >= 11 is 0. The second-order valence-corrected chi connectivity index (χ2v) is 10.4. The lowest BCUT2D eigenvalue weighted by Gasteiger charge is -2.28. The lowest BCUT2D eigenvalue weighted by Crippen LogP contribution is -2.55. The largest absolute Gasteiger partial charge is 0.459 e. The van der Waals surface area contributed by atoms with Crippen LogP contribution in [0, 0.1) is 0 Å². The summed E-state index contributed by atoms with van der Waals surface area (Å²) in [7, 11) is 0. The van der Waals surface area contributed by atoms with E-state index in [1.807, 2.05) is 60.7 Å². The first-order chi connectivity index (χ1) is 18.0. The average Bonchev–Trinajstić information content (AvgIpc) is 3.37. The lowest BCUT2D eigenvalue weighted by atomic mass is 10.1. The molecule has 0 unspecified atom stereocenters. The third kappa shape index (κ3) is 8.61. The number of ether oxygens (including phenoxy) is 2. The van der Waals surface area contributed by atoms with Crippen LogP contribution >= 0.6 is 0 Å².